The van der Waals surface area contributed by atoms with E-state index in [0.29, 0.717) is 19.7 Å². The molecule has 0 aliphatic carbocycles. The molecule has 1 heterocycles. The van der Waals surface area contributed by atoms with Gasteiger partial charge in [0.1, 0.15) is 6.10 Å². The first-order valence-corrected chi connectivity index (χ1v) is 12.5. The van der Waals surface area contributed by atoms with E-state index in [1.807, 2.05) is 66.7 Å². The quantitative estimate of drug-likeness (QED) is 0.404. The number of hydrogen-bond acceptors (Lipinski definition) is 4. The largest absolute Gasteiger partial charge is 0.481 e. The molecular weight excluding hydrogens is 438 g/mol. The number of hydrogen-bond donors (Lipinski definition) is 2. The van der Waals surface area contributed by atoms with E-state index >= 15 is 0 Å². The van der Waals surface area contributed by atoms with Crippen LogP contribution in [0.4, 0.5) is 0 Å². The molecule has 0 amide bonds. The number of carboxylic acids is 1. The summed E-state index contributed by atoms with van der Waals surface area (Å²) in [6.45, 7) is 2.63. The van der Waals surface area contributed by atoms with Crippen molar-refractivity contribution >= 4 is 5.97 Å². The van der Waals surface area contributed by atoms with Crippen molar-refractivity contribution < 1.29 is 19.7 Å². The van der Waals surface area contributed by atoms with Gasteiger partial charge < -0.3 is 19.8 Å². The summed E-state index contributed by atoms with van der Waals surface area (Å²) in [6.07, 6.45) is 1.19. The second-order valence-electron chi connectivity index (χ2n) is 9.44. The number of nitrogens with zero attached hydrogens (tertiary/aromatic N) is 1. The molecule has 4 rings (SSSR count). The number of aliphatic carboxylic acids is 1. The van der Waals surface area contributed by atoms with Crippen LogP contribution in [0, 0.1) is 5.92 Å². The summed E-state index contributed by atoms with van der Waals surface area (Å²) in [5.41, 5.74) is 3.28. The van der Waals surface area contributed by atoms with Crippen molar-refractivity contribution in [1.82, 2.24) is 4.90 Å². The maximum absolute atomic E-state index is 11.4. The fourth-order valence-corrected chi connectivity index (χ4v) is 5.06. The summed E-state index contributed by atoms with van der Waals surface area (Å²) in [6, 6.07) is 30.3. The van der Waals surface area contributed by atoms with E-state index in [9.17, 15) is 15.0 Å². The molecule has 1 aliphatic rings. The molecule has 1 aliphatic heterocycles. The van der Waals surface area contributed by atoms with Gasteiger partial charge in [-0.1, -0.05) is 91.0 Å². The van der Waals surface area contributed by atoms with Gasteiger partial charge in [0.25, 0.3) is 0 Å². The minimum atomic E-state index is -0.794. The van der Waals surface area contributed by atoms with Crippen molar-refractivity contribution in [2.75, 3.05) is 26.2 Å². The highest BCUT2D eigenvalue weighted by molar-refractivity contribution is 5.68. The Bertz CT molecular complexity index is 988. The van der Waals surface area contributed by atoms with E-state index < -0.39 is 12.1 Å². The first-order valence-electron chi connectivity index (χ1n) is 12.5. The Balaban J connectivity index is 1.31. The summed E-state index contributed by atoms with van der Waals surface area (Å²) in [5.74, 6) is -0.704. The van der Waals surface area contributed by atoms with E-state index in [2.05, 4.69) is 29.2 Å². The molecule has 3 aromatic rings. The molecule has 0 saturated carbocycles. The third-order valence-electron chi connectivity index (χ3n) is 6.95. The standard InChI is InChI=1S/C30H35NO4/c32-28-22-31(21-27(20-29(33)34)23-10-4-1-5-11-23)18-16-24(28)17-19-35-30(25-12-6-2-7-13-25)26-14-8-3-9-15-26/h1-15,24,27-28,30,32H,16-22H2,(H,33,34)/t24?,27-,28?/m0/s1. The minimum absolute atomic E-state index is 0.0849. The predicted molar refractivity (Wildman–Crippen MR) is 137 cm³/mol. The van der Waals surface area contributed by atoms with Gasteiger partial charge in [0.2, 0.25) is 0 Å². The normalized spacial score (nSPS) is 19.5. The summed E-state index contributed by atoms with van der Waals surface area (Å²) in [7, 11) is 0. The van der Waals surface area contributed by atoms with Gasteiger partial charge in [-0.2, -0.15) is 0 Å². The number of likely N-dealkylation sites (tertiary alicyclic amines) is 1. The van der Waals surface area contributed by atoms with Crippen LogP contribution in [0.25, 0.3) is 0 Å². The average molecular weight is 474 g/mol. The molecule has 35 heavy (non-hydrogen) atoms. The Labute approximate surface area is 208 Å². The van der Waals surface area contributed by atoms with Crippen LogP contribution in [0.5, 0.6) is 0 Å². The van der Waals surface area contributed by atoms with Crippen LogP contribution in [0.2, 0.25) is 0 Å². The van der Waals surface area contributed by atoms with E-state index in [-0.39, 0.29) is 24.4 Å². The Morgan fingerprint density at radius 1 is 0.886 bits per heavy atom. The minimum Gasteiger partial charge on any atom is -0.481 e. The van der Waals surface area contributed by atoms with Gasteiger partial charge in [-0.05, 0) is 42.0 Å². The number of ether oxygens (including phenoxy) is 1. The number of carboxylic acid groups (broad SMARTS) is 1. The number of piperidine rings is 1. The van der Waals surface area contributed by atoms with Crippen LogP contribution >= 0.6 is 0 Å². The second-order valence-corrected chi connectivity index (χ2v) is 9.44. The fraction of sp³-hybridized carbons (Fsp3) is 0.367. The number of rotatable bonds is 11. The third-order valence-corrected chi connectivity index (χ3v) is 6.95. The lowest BCUT2D eigenvalue weighted by atomic mass is 9.89. The van der Waals surface area contributed by atoms with Crippen molar-refractivity contribution in [3.05, 3.63) is 108 Å². The van der Waals surface area contributed by atoms with E-state index in [1.54, 1.807) is 0 Å². The van der Waals surface area contributed by atoms with Gasteiger partial charge in [0.15, 0.2) is 0 Å². The summed E-state index contributed by atoms with van der Waals surface area (Å²) >= 11 is 0. The SMILES string of the molecule is O=C(O)C[C@@H](CN1CCC(CCOC(c2ccccc2)c2ccccc2)C(O)C1)c1ccccc1. The molecule has 2 N–H and O–H groups in total. The van der Waals surface area contributed by atoms with Gasteiger partial charge >= 0.3 is 5.97 Å². The van der Waals surface area contributed by atoms with Crippen molar-refractivity contribution in [2.24, 2.45) is 5.92 Å². The molecule has 1 saturated heterocycles. The third kappa shape index (κ3) is 7.25. The van der Waals surface area contributed by atoms with E-state index in [0.717, 1.165) is 36.1 Å². The molecule has 5 nitrogen and oxygen atoms in total. The van der Waals surface area contributed by atoms with Gasteiger partial charge in [-0.25, -0.2) is 0 Å². The van der Waals surface area contributed by atoms with Crippen molar-refractivity contribution in [2.45, 2.75) is 37.4 Å². The zero-order chi connectivity index (χ0) is 24.5. The molecule has 3 aromatic carbocycles. The molecule has 1 fully saturated rings. The van der Waals surface area contributed by atoms with Crippen LogP contribution in [0.1, 0.15) is 48.0 Å². The Morgan fingerprint density at radius 2 is 1.43 bits per heavy atom. The molecule has 0 radical (unpaired) electrons. The second kappa shape index (κ2) is 12.6. The van der Waals surface area contributed by atoms with Crippen molar-refractivity contribution in [3.8, 4) is 0 Å². The zero-order valence-electron chi connectivity index (χ0n) is 20.1. The van der Waals surface area contributed by atoms with Crippen molar-refractivity contribution in [1.29, 1.82) is 0 Å². The molecule has 0 spiro atoms. The summed E-state index contributed by atoms with van der Waals surface area (Å²) in [4.78, 5) is 13.6. The number of aliphatic hydroxyl groups excluding tert-OH is 1. The van der Waals surface area contributed by atoms with E-state index in [1.165, 1.54) is 0 Å². The molecule has 0 aromatic heterocycles. The van der Waals surface area contributed by atoms with Crippen LogP contribution < -0.4 is 0 Å². The van der Waals surface area contributed by atoms with Crippen LogP contribution in [-0.2, 0) is 9.53 Å². The van der Waals surface area contributed by atoms with Gasteiger partial charge in [-0.3, -0.25) is 4.79 Å². The smallest absolute Gasteiger partial charge is 0.304 e. The highest BCUT2D eigenvalue weighted by atomic mass is 16.5. The highest BCUT2D eigenvalue weighted by Crippen LogP contribution is 2.29. The molecule has 2 unspecified atom stereocenters. The summed E-state index contributed by atoms with van der Waals surface area (Å²) in [5, 5.41) is 20.3. The lowest BCUT2D eigenvalue weighted by molar-refractivity contribution is -0.137. The fourth-order valence-electron chi connectivity index (χ4n) is 5.06. The van der Waals surface area contributed by atoms with Gasteiger partial charge in [0, 0.05) is 25.6 Å². The first kappa shape index (κ1) is 25.1. The summed E-state index contributed by atoms with van der Waals surface area (Å²) < 4.78 is 6.37. The lowest BCUT2D eigenvalue weighted by Gasteiger charge is -2.37. The topological polar surface area (TPSA) is 70.0 Å². The molecule has 5 heteroatoms. The zero-order valence-corrected chi connectivity index (χ0v) is 20.1. The lowest BCUT2D eigenvalue weighted by Crippen LogP contribution is -2.45. The maximum atomic E-state index is 11.4. The molecule has 3 atom stereocenters. The van der Waals surface area contributed by atoms with Crippen LogP contribution in [-0.4, -0.2) is 53.4 Å². The van der Waals surface area contributed by atoms with Gasteiger partial charge in [-0.15, -0.1) is 0 Å². The number of aliphatic hydroxyl groups is 1. The van der Waals surface area contributed by atoms with Gasteiger partial charge in [0.05, 0.1) is 12.5 Å². The monoisotopic (exact) mass is 473 g/mol. The molecule has 0 bridgehead atoms. The Hall–Kier alpha value is -2.99. The molecular formula is C30H35NO4. The molecule has 184 valence electrons. The predicted octanol–water partition coefficient (Wildman–Crippen LogP) is 5.12. The number of benzene rings is 3. The number of carbonyl (C=O) groups is 1. The maximum Gasteiger partial charge on any atom is 0.304 e. The highest BCUT2D eigenvalue weighted by Gasteiger charge is 2.30. The van der Waals surface area contributed by atoms with E-state index in [4.69, 9.17) is 4.74 Å². The Morgan fingerprint density at radius 3 is 1.94 bits per heavy atom. The Kier molecular flexibility index (Phi) is 9.07. The van der Waals surface area contributed by atoms with Crippen LogP contribution in [0.15, 0.2) is 91.0 Å². The van der Waals surface area contributed by atoms with Crippen molar-refractivity contribution in [3.63, 3.8) is 0 Å². The number of β-amino-alcohol motifs (C(OH)–C–C–N with tert-alkyl or cyclic N) is 1. The van der Waals surface area contributed by atoms with Crippen LogP contribution in [0.3, 0.4) is 0 Å². The first-order chi connectivity index (χ1) is 17.1. The average Bonchev–Trinajstić information content (AvgIpc) is 2.88.